The van der Waals surface area contributed by atoms with Gasteiger partial charge in [0.1, 0.15) is 11.9 Å². The summed E-state index contributed by atoms with van der Waals surface area (Å²) in [6.45, 7) is -0.244. The Hall–Kier alpha value is -2.39. The molecule has 0 heterocycles. The van der Waals surface area contributed by atoms with Crippen LogP contribution in [0.15, 0.2) is 18.2 Å². The lowest BCUT2D eigenvalue weighted by molar-refractivity contribution is -0.141. The van der Waals surface area contributed by atoms with Crippen LogP contribution in [0.4, 0.5) is 4.39 Å². The summed E-state index contributed by atoms with van der Waals surface area (Å²) in [6.07, 6.45) is 6.82. The number of carbonyl (C=O) groups excluding carboxylic acids is 1. The number of rotatable bonds is 4. The van der Waals surface area contributed by atoms with Crippen molar-refractivity contribution >= 4 is 11.9 Å². The minimum atomic E-state index is -1.23. The number of carboxylic acids is 1. The van der Waals surface area contributed by atoms with Gasteiger partial charge < -0.3 is 15.7 Å². The van der Waals surface area contributed by atoms with Crippen molar-refractivity contribution in [3.63, 3.8) is 0 Å². The molecule has 99 valence electrons. The molecule has 0 aromatic heterocycles. The fourth-order valence-corrected chi connectivity index (χ4v) is 1.52. The molecule has 1 aromatic rings. The number of carboxylic acid groups (broad SMARTS) is 1. The van der Waals surface area contributed by atoms with Crippen LogP contribution in [-0.4, -0.2) is 41.5 Å². The Balaban J connectivity index is 3.04. The molecule has 0 saturated heterocycles. The van der Waals surface area contributed by atoms with E-state index in [0.717, 1.165) is 11.0 Å². The van der Waals surface area contributed by atoms with Gasteiger partial charge in [0.25, 0.3) is 5.91 Å². The number of hydrogen-bond acceptors (Lipinski definition) is 3. The van der Waals surface area contributed by atoms with Crippen LogP contribution in [0.2, 0.25) is 0 Å². The molecule has 1 rings (SSSR count). The predicted molar refractivity (Wildman–Crippen MR) is 65.2 cm³/mol. The van der Waals surface area contributed by atoms with Crippen LogP contribution >= 0.6 is 0 Å². The first-order valence-corrected chi connectivity index (χ1v) is 5.34. The van der Waals surface area contributed by atoms with E-state index in [1.54, 1.807) is 0 Å². The van der Waals surface area contributed by atoms with Gasteiger partial charge in [-0.2, -0.15) is 0 Å². The van der Waals surface area contributed by atoms with Crippen molar-refractivity contribution in [2.75, 3.05) is 13.6 Å². The van der Waals surface area contributed by atoms with E-state index in [1.165, 1.54) is 19.2 Å². The highest BCUT2D eigenvalue weighted by Gasteiger charge is 2.26. The largest absolute Gasteiger partial charge is 0.480 e. The molecule has 0 spiro atoms. The number of likely N-dealkylation sites (N-methyl/N-ethyl adjacent to an activating group) is 1. The van der Waals surface area contributed by atoms with Gasteiger partial charge in [0, 0.05) is 19.2 Å². The molecule has 1 radical (unpaired) electrons. The Kier molecular flexibility index (Phi) is 4.62. The van der Waals surface area contributed by atoms with Gasteiger partial charge >= 0.3 is 5.97 Å². The predicted octanol–water partition coefficient (Wildman–Crippen LogP) is 0.247. The van der Waals surface area contributed by atoms with Crippen LogP contribution in [0.25, 0.3) is 0 Å². The van der Waals surface area contributed by atoms with Crippen molar-refractivity contribution in [2.24, 2.45) is 5.73 Å². The van der Waals surface area contributed by atoms with Crippen LogP contribution in [0.5, 0.6) is 0 Å². The maximum Gasteiger partial charge on any atom is 0.327 e. The first-order chi connectivity index (χ1) is 8.92. The summed E-state index contributed by atoms with van der Waals surface area (Å²) in [5, 5.41) is 8.89. The Bertz CT molecular complexity index is 551. The molecule has 0 aliphatic carbocycles. The SMILES string of the molecule is [C]#Cc1ccc(C(=O)N(C)C(CN)C(=O)O)cc1F. The number of nitrogens with zero attached hydrogens (tertiary/aromatic N) is 1. The van der Waals surface area contributed by atoms with Crippen LogP contribution in [-0.2, 0) is 4.79 Å². The number of hydrogen-bond donors (Lipinski definition) is 2. The van der Waals surface area contributed by atoms with Crippen molar-refractivity contribution in [3.8, 4) is 5.92 Å². The van der Waals surface area contributed by atoms with E-state index < -0.39 is 23.7 Å². The highest BCUT2D eigenvalue weighted by atomic mass is 19.1. The second-order valence-corrected chi connectivity index (χ2v) is 3.83. The zero-order valence-corrected chi connectivity index (χ0v) is 10.2. The summed E-state index contributed by atoms with van der Waals surface area (Å²) in [5.41, 5.74) is 5.19. The summed E-state index contributed by atoms with van der Waals surface area (Å²) < 4.78 is 13.4. The lowest BCUT2D eigenvalue weighted by atomic mass is 10.1. The maximum atomic E-state index is 13.4. The first-order valence-electron chi connectivity index (χ1n) is 5.34. The lowest BCUT2D eigenvalue weighted by Gasteiger charge is -2.23. The fourth-order valence-electron chi connectivity index (χ4n) is 1.52. The maximum absolute atomic E-state index is 13.4. The molecule has 0 saturated carbocycles. The molecule has 5 nitrogen and oxygen atoms in total. The number of halogens is 1. The third kappa shape index (κ3) is 3.09. The molecular weight excluding hydrogens is 251 g/mol. The average Bonchev–Trinajstić information content (AvgIpc) is 2.37. The van der Waals surface area contributed by atoms with Gasteiger partial charge in [0.05, 0.1) is 5.56 Å². The van der Waals surface area contributed by atoms with Crippen LogP contribution in [0.1, 0.15) is 15.9 Å². The molecular formula is C13H12FN2O3. The Morgan fingerprint density at radius 3 is 2.63 bits per heavy atom. The van der Waals surface area contributed by atoms with Crippen LogP contribution in [0, 0.1) is 18.2 Å². The summed E-state index contributed by atoms with van der Waals surface area (Å²) in [6, 6.07) is 2.28. The Morgan fingerprint density at radius 2 is 2.21 bits per heavy atom. The molecule has 19 heavy (non-hydrogen) atoms. The van der Waals surface area contributed by atoms with Crippen molar-refractivity contribution in [3.05, 3.63) is 41.6 Å². The smallest absolute Gasteiger partial charge is 0.327 e. The van der Waals surface area contributed by atoms with Crippen molar-refractivity contribution in [2.45, 2.75) is 6.04 Å². The van der Waals surface area contributed by atoms with Crippen LogP contribution in [0.3, 0.4) is 0 Å². The molecule has 0 bridgehead atoms. The molecule has 3 N–H and O–H groups in total. The van der Waals surface area contributed by atoms with Gasteiger partial charge in [-0.3, -0.25) is 4.79 Å². The van der Waals surface area contributed by atoms with Gasteiger partial charge in [0.2, 0.25) is 0 Å². The summed E-state index contributed by atoms with van der Waals surface area (Å²) in [5.74, 6) is -0.783. The number of carbonyl (C=O) groups is 2. The van der Waals surface area contributed by atoms with E-state index in [-0.39, 0.29) is 17.7 Å². The van der Waals surface area contributed by atoms with Gasteiger partial charge in [-0.15, -0.1) is 0 Å². The van der Waals surface area contributed by atoms with Crippen LogP contribution < -0.4 is 5.73 Å². The van der Waals surface area contributed by atoms with Crippen molar-refractivity contribution in [1.29, 1.82) is 0 Å². The third-order valence-corrected chi connectivity index (χ3v) is 2.65. The number of nitrogens with two attached hydrogens (primary N) is 1. The average molecular weight is 263 g/mol. The summed E-state index contributed by atoms with van der Waals surface area (Å²) in [7, 11) is 1.28. The number of aliphatic carboxylic acids is 1. The number of benzene rings is 1. The first kappa shape index (κ1) is 14.7. The molecule has 1 unspecified atom stereocenters. The van der Waals surface area contributed by atoms with Crippen molar-refractivity contribution in [1.82, 2.24) is 4.90 Å². The van der Waals surface area contributed by atoms with E-state index >= 15 is 0 Å². The third-order valence-electron chi connectivity index (χ3n) is 2.65. The second-order valence-electron chi connectivity index (χ2n) is 3.83. The van der Waals surface area contributed by atoms with E-state index in [4.69, 9.17) is 17.3 Å². The number of amides is 1. The zero-order valence-electron chi connectivity index (χ0n) is 10.2. The van der Waals surface area contributed by atoms with Crippen molar-refractivity contribution < 1.29 is 19.1 Å². The minimum Gasteiger partial charge on any atom is -0.480 e. The van der Waals surface area contributed by atoms with Gasteiger partial charge in [-0.05, 0) is 30.5 Å². The van der Waals surface area contributed by atoms with E-state index in [9.17, 15) is 14.0 Å². The van der Waals surface area contributed by atoms with E-state index in [1.807, 2.05) is 5.92 Å². The summed E-state index contributed by atoms with van der Waals surface area (Å²) in [4.78, 5) is 23.8. The van der Waals surface area contributed by atoms with E-state index in [2.05, 4.69) is 0 Å². The van der Waals surface area contributed by atoms with Gasteiger partial charge in [-0.25, -0.2) is 9.18 Å². The van der Waals surface area contributed by atoms with E-state index in [0.29, 0.717) is 0 Å². The molecule has 1 aromatic carbocycles. The topological polar surface area (TPSA) is 83.6 Å². The molecule has 6 heteroatoms. The second kappa shape index (κ2) is 5.98. The molecule has 0 aliphatic rings. The zero-order chi connectivity index (χ0) is 14.6. The molecule has 0 fully saturated rings. The molecule has 1 amide bonds. The Labute approximate surface area is 109 Å². The minimum absolute atomic E-state index is 0.0151. The standard InChI is InChI=1S/C13H12FN2O3/c1-3-8-4-5-9(6-10(8)14)12(17)16(2)11(7-15)13(18)19/h4-6,11H,7,15H2,2H3,(H,18,19). The highest BCUT2D eigenvalue weighted by Crippen LogP contribution is 2.12. The normalized spacial score (nSPS) is 11.5. The quantitative estimate of drug-likeness (QED) is 0.763. The molecule has 0 aliphatic heterocycles. The lowest BCUT2D eigenvalue weighted by Crippen LogP contribution is -2.47. The van der Waals surface area contributed by atoms with Gasteiger partial charge in [0.15, 0.2) is 0 Å². The summed E-state index contributed by atoms with van der Waals surface area (Å²) >= 11 is 0. The molecule has 1 atom stereocenters. The monoisotopic (exact) mass is 263 g/mol. The Morgan fingerprint density at radius 1 is 1.58 bits per heavy atom. The fraction of sp³-hybridized carbons (Fsp3) is 0.231. The van der Waals surface area contributed by atoms with Gasteiger partial charge in [-0.1, -0.05) is 0 Å². The highest BCUT2D eigenvalue weighted by molar-refractivity contribution is 5.96.